The van der Waals surface area contributed by atoms with Gasteiger partial charge in [-0.25, -0.2) is 0 Å². The maximum absolute atomic E-state index is 5.51. The summed E-state index contributed by atoms with van der Waals surface area (Å²) in [5.74, 6) is 0. The van der Waals surface area contributed by atoms with Gasteiger partial charge in [0.05, 0.1) is 0 Å². The van der Waals surface area contributed by atoms with Crippen molar-refractivity contribution in [2.24, 2.45) is 0 Å². The summed E-state index contributed by atoms with van der Waals surface area (Å²) in [4.78, 5) is 2.77. The molecular weight excluding hydrogens is 248 g/mol. The van der Waals surface area contributed by atoms with Gasteiger partial charge in [0, 0.05) is 44.4 Å². The molecule has 1 heterocycles. The van der Waals surface area contributed by atoms with Gasteiger partial charge in [-0.3, -0.25) is 4.90 Å². The minimum absolute atomic E-state index is 0.439. The van der Waals surface area contributed by atoms with E-state index in [2.05, 4.69) is 24.1 Å². The summed E-state index contributed by atoms with van der Waals surface area (Å²) in [6, 6.07) is 0.745. The Balaban J connectivity index is 1.87. The molecule has 118 valence electrons. The van der Waals surface area contributed by atoms with E-state index in [1.807, 2.05) is 0 Å². The molecule has 3 heteroatoms. The highest BCUT2D eigenvalue weighted by molar-refractivity contribution is 4.99. The van der Waals surface area contributed by atoms with Gasteiger partial charge in [0.1, 0.15) is 0 Å². The van der Waals surface area contributed by atoms with E-state index in [1.54, 1.807) is 0 Å². The zero-order valence-corrected chi connectivity index (χ0v) is 13.6. The second-order valence-electron chi connectivity index (χ2n) is 6.69. The predicted octanol–water partition coefficient (Wildman–Crippen LogP) is 3.19. The first-order valence-corrected chi connectivity index (χ1v) is 8.86. The van der Waals surface area contributed by atoms with Crippen molar-refractivity contribution in [1.29, 1.82) is 0 Å². The van der Waals surface area contributed by atoms with Crippen LogP contribution in [-0.4, -0.2) is 49.3 Å². The van der Waals surface area contributed by atoms with Crippen LogP contribution >= 0.6 is 0 Å². The van der Waals surface area contributed by atoms with Crippen molar-refractivity contribution in [2.75, 3.05) is 32.8 Å². The topological polar surface area (TPSA) is 24.5 Å². The van der Waals surface area contributed by atoms with Gasteiger partial charge in [-0.15, -0.1) is 0 Å². The van der Waals surface area contributed by atoms with Crippen molar-refractivity contribution in [3.8, 4) is 0 Å². The summed E-state index contributed by atoms with van der Waals surface area (Å²) in [5, 5.41) is 3.93. The van der Waals surface area contributed by atoms with Crippen LogP contribution in [0.25, 0.3) is 0 Å². The third-order valence-electron chi connectivity index (χ3n) is 5.11. The molecule has 1 saturated carbocycles. The lowest BCUT2D eigenvalue weighted by Gasteiger charge is -2.50. The van der Waals surface area contributed by atoms with E-state index in [-0.39, 0.29) is 0 Å². The van der Waals surface area contributed by atoms with Crippen LogP contribution in [-0.2, 0) is 4.74 Å². The van der Waals surface area contributed by atoms with Crippen LogP contribution in [0.15, 0.2) is 0 Å². The number of hydrogen-bond acceptors (Lipinski definition) is 3. The quantitative estimate of drug-likeness (QED) is 0.726. The van der Waals surface area contributed by atoms with E-state index < -0.39 is 0 Å². The Morgan fingerprint density at radius 3 is 2.70 bits per heavy atom. The van der Waals surface area contributed by atoms with E-state index in [4.69, 9.17) is 4.74 Å². The first-order chi connectivity index (χ1) is 9.79. The first kappa shape index (κ1) is 16.3. The molecule has 1 aliphatic carbocycles. The second kappa shape index (κ2) is 8.35. The van der Waals surface area contributed by atoms with Gasteiger partial charge in [-0.1, -0.05) is 32.6 Å². The molecule has 0 amide bonds. The summed E-state index contributed by atoms with van der Waals surface area (Å²) in [5.41, 5.74) is 0.439. The van der Waals surface area contributed by atoms with Crippen molar-refractivity contribution in [3.05, 3.63) is 0 Å². The van der Waals surface area contributed by atoms with Crippen LogP contribution in [0.3, 0.4) is 0 Å². The highest BCUT2D eigenvalue weighted by atomic mass is 16.5. The van der Waals surface area contributed by atoms with E-state index in [0.29, 0.717) is 5.54 Å². The summed E-state index contributed by atoms with van der Waals surface area (Å²) in [6.45, 7) is 9.85. The summed E-state index contributed by atoms with van der Waals surface area (Å²) >= 11 is 0. The number of hydrogen-bond donors (Lipinski definition) is 1. The second-order valence-corrected chi connectivity index (χ2v) is 6.69. The van der Waals surface area contributed by atoms with Gasteiger partial charge < -0.3 is 10.1 Å². The van der Waals surface area contributed by atoms with Crippen LogP contribution in [0, 0.1) is 0 Å². The fourth-order valence-corrected chi connectivity index (χ4v) is 3.99. The van der Waals surface area contributed by atoms with Crippen molar-refractivity contribution in [1.82, 2.24) is 10.2 Å². The lowest BCUT2D eigenvalue weighted by Crippen LogP contribution is -2.64. The molecule has 2 aliphatic rings. The zero-order valence-electron chi connectivity index (χ0n) is 13.6. The van der Waals surface area contributed by atoms with Gasteiger partial charge in [-0.2, -0.15) is 0 Å². The maximum atomic E-state index is 5.51. The monoisotopic (exact) mass is 282 g/mol. The molecule has 0 aromatic carbocycles. The average molecular weight is 282 g/mol. The Bertz CT molecular complexity index is 264. The minimum atomic E-state index is 0.439. The van der Waals surface area contributed by atoms with Crippen molar-refractivity contribution < 1.29 is 4.74 Å². The maximum Gasteiger partial charge on any atom is 0.0478 e. The van der Waals surface area contributed by atoms with Crippen molar-refractivity contribution in [3.63, 3.8) is 0 Å². The molecule has 2 fully saturated rings. The number of ether oxygens (including phenoxy) is 1. The SMILES string of the molecule is CCCC1CNC2(CCCCC2)CN1CCCOCC. The molecule has 1 aliphatic heterocycles. The standard InChI is InChI=1S/C17H34N2O/c1-3-9-16-14-18-17(10-6-5-7-11-17)15-19(16)12-8-13-20-4-2/h16,18H,3-15H2,1-2H3. The lowest BCUT2D eigenvalue weighted by molar-refractivity contribution is 0.0425. The summed E-state index contributed by atoms with van der Waals surface area (Å²) < 4.78 is 5.51. The lowest BCUT2D eigenvalue weighted by atomic mass is 9.79. The largest absolute Gasteiger partial charge is 0.382 e. The molecule has 0 radical (unpaired) electrons. The molecule has 1 spiro atoms. The van der Waals surface area contributed by atoms with E-state index >= 15 is 0 Å². The molecule has 0 aromatic heterocycles. The Hall–Kier alpha value is -0.120. The number of nitrogens with zero attached hydrogens (tertiary/aromatic N) is 1. The Kier molecular flexibility index (Phi) is 6.79. The van der Waals surface area contributed by atoms with Crippen molar-refractivity contribution in [2.45, 2.75) is 76.8 Å². The molecule has 2 rings (SSSR count). The Morgan fingerprint density at radius 1 is 1.20 bits per heavy atom. The average Bonchev–Trinajstić information content (AvgIpc) is 2.47. The highest BCUT2D eigenvalue weighted by Crippen LogP contribution is 2.32. The van der Waals surface area contributed by atoms with Gasteiger partial charge in [0.2, 0.25) is 0 Å². The normalized spacial score (nSPS) is 27.0. The minimum Gasteiger partial charge on any atom is -0.382 e. The van der Waals surface area contributed by atoms with E-state index in [1.165, 1.54) is 71.0 Å². The third-order valence-corrected chi connectivity index (χ3v) is 5.11. The molecule has 3 nitrogen and oxygen atoms in total. The summed E-state index contributed by atoms with van der Waals surface area (Å²) in [7, 11) is 0. The fourth-order valence-electron chi connectivity index (χ4n) is 3.99. The molecule has 1 unspecified atom stereocenters. The van der Waals surface area contributed by atoms with E-state index in [0.717, 1.165) is 19.3 Å². The molecular formula is C17H34N2O. The molecule has 0 bridgehead atoms. The van der Waals surface area contributed by atoms with Crippen molar-refractivity contribution >= 4 is 0 Å². The molecule has 1 atom stereocenters. The Labute approximate surface area is 125 Å². The van der Waals surface area contributed by atoms with Crippen LogP contribution in [0.5, 0.6) is 0 Å². The fraction of sp³-hybridized carbons (Fsp3) is 1.00. The molecule has 1 N–H and O–H groups in total. The predicted molar refractivity (Wildman–Crippen MR) is 85.2 cm³/mol. The zero-order chi connectivity index (χ0) is 14.3. The van der Waals surface area contributed by atoms with Gasteiger partial charge >= 0.3 is 0 Å². The molecule has 0 aromatic rings. The Morgan fingerprint density at radius 2 is 2.00 bits per heavy atom. The van der Waals surface area contributed by atoms with Gasteiger partial charge in [0.25, 0.3) is 0 Å². The van der Waals surface area contributed by atoms with Crippen LogP contribution in [0.1, 0.15) is 65.2 Å². The summed E-state index contributed by atoms with van der Waals surface area (Å²) in [6.07, 6.45) is 10.8. The number of piperazine rings is 1. The third kappa shape index (κ3) is 4.44. The van der Waals surface area contributed by atoms with E-state index in [9.17, 15) is 0 Å². The molecule has 20 heavy (non-hydrogen) atoms. The van der Waals surface area contributed by atoms with Gasteiger partial charge in [-0.05, 0) is 32.6 Å². The van der Waals surface area contributed by atoms with Crippen LogP contribution in [0.2, 0.25) is 0 Å². The van der Waals surface area contributed by atoms with Crippen LogP contribution in [0.4, 0.5) is 0 Å². The van der Waals surface area contributed by atoms with Crippen LogP contribution < -0.4 is 5.32 Å². The first-order valence-electron chi connectivity index (χ1n) is 8.86. The number of rotatable bonds is 7. The number of nitrogens with one attached hydrogen (secondary N) is 1. The highest BCUT2D eigenvalue weighted by Gasteiger charge is 2.39. The van der Waals surface area contributed by atoms with Gasteiger partial charge in [0.15, 0.2) is 0 Å². The smallest absolute Gasteiger partial charge is 0.0478 e. The molecule has 1 saturated heterocycles.